The van der Waals surface area contributed by atoms with Crippen LogP contribution in [0.25, 0.3) is 21.7 Å². The van der Waals surface area contributed by atoms with Gasteiger partial charge in [-0.15, -0.1) is 11.3 Å². The van der Waals surface area contributed by atoms with E-state index in [1.165, 1.54) is 5.56 Å². The number of rotatable bonds is 6. The maximum atomic E-state index is 14.4. The minimum Gasteiger partial charge on any atom is -0.244 e. The van der Waals surface area contributed by atoms with Gasteiger partial charge in [-0.1, -0.05) is 61.7 Å². The van der Waals surface area contributed by atoms with Gasteiger partial charge in [0.1, 0.15) is 0 Å². The molecule has 0 radical (unpaired) electrons. The molecule has 174 valence electrons. The van der Waals surface area contributed by atoms with E-state index in [-0.39, 0.29) is 5.25 Å². The lowest BCUT2D eigenvalue weighted by Gasteiger charge is -2.17. The highest BCUT2D eigenvalue weighted by atomic mass is 32.2. The molecule has 5 rings (SSSR count). The van der Waals surface area contributed by atoms with E-state index < -0.39 is 9.73 Å². The topological polar surface area (TPSA) is 55.2 Å². The lowest BCUT2D eigenvalue weighted by atomic mass is 10.1. The van der Waals surface area contributed by atoms with E-state index in [0.29, 0.717) is 5.82 Å². The quantitative estimate of drug-likeness (QED) is 0.278. The van der Waals surface area contributed by atoms with Gasteiger partial charge in [-0.2, -0.15) is 4.36 Å². The molecule has 0 spiro atoms. The van der Waals surface area contributed by atoms with Crippen molar-refractivity contribution in [2.45, 2.75) is 56.1 Å². The number of hydrogen-bond acceptors (Lipinski definition) is 5. The summed E-state index contributed by atoms with van der Waals surface area (Å²) in [6.07, 6.45) is 6.77. The second-order valence-electron chi connectivity index (χ2n) is 8.79. The van der Waals surface area contributed by atoms with Gasteiger partial charge in [-0.3, -0.25) is 0 Å². The van der Waals surface area contributed by atoms with Crippen molar-refractivity contribution in [1.82, 2.24) is 9.97 Å². The van der Waals surface area contributed by atoms with Crippen molar-refractivity contribution in [3.05, 3.63) is 83.5 Å². The predicted octanol–water partition coefficient (Wildman–Crippen LogP) is 7.84. The number of nitrogens with zero attached hydrogens (tertiary/aromatic N) is 3. The molecular formula is C28H29N3OS2. The van der Waals surface area contributed by atoms with Gasteiger partial charge in [0.15, 0.2) is 5.82 Å². The summed E-state index contributed by atoms with van der Waals surface area (Å²) >= 11 is 1.71. The van der Waals surface area contributed by atoms with Gasteiger partial charge < -0.3 is 0 Å². The highest BCUT2D eigenvalue weighted by Gasteiger charge is 2.29. The maximum absolute atomic E-state index is 14.4. The molecule has 34 heavy (non-hydrogen) atoms. The van der Waals surface area contributed by atoms with Crippen molar-refractivity contribution >= 4 is 26.9 Å². The average Bonchev–Trinajstić information content (AvgIpc) is 3.56. The first-order valence-electron chi connectivity index (χ1n) is 11.9. The van der Waals surface area contributed by atoms with E-state index in [2.05, 4.69) is 43.1 Å². The zero-order chi connectivity index (χ0) is 23.5. The van der Waals surface area contributed by atoms with Crippen LogP contribution in [-0.4, -0.2) is 19.4 Å². The van der Waals surface area contributed by atoms with Gasteiger partial charge in [-0.05, 0) is 62.1 Å². The molecule has 0 saturated heterocycles. The van der Waals surface area contributed by atoms with Gasteiger partial charge in [0.2, 0.25) is 0 Å². The number of pyridine rings is 1. The second-order valence-corrected chi connectivity index (χ2v) is 12.3. The predicted molar refractivity (Wildman–Crippen MR) is 142 cm³/mol. The number of aryl methyl sites for hydroxylation is 2. The number of benzene rings is 2. The van der Waals surface area contributed by atoms with Crippen molar-refractivity contribution < 1.29 is 4.21 Å². The summed E-state index contributed by atoms with van der Waals surface area (Å²) in [5.74, 6) is 0.528. The Morgan fingerprint density at radius 2 is 1.79 bits per heavy atom. The SMILES string of the molecule is CCc1nc(-c2cccc(C)c2)c(-c2ccnc(N=S(=O)(c3ccccc3)C3CCCC3)c2)s1. The van der Waals surface area contributed by atoms with Crippen molar-refractivity contribution in [3.8, 4) is 21.7 Å². The standard InChI is InChI=1S/C28H29N3OS2/c1-3-26-30-27(21-11-9-10-20(2)18-21)28(33-26)22-16-17-29-25(19-22)31-34(32,24-14-7-8-15-24)23-12-5-4-6-13-23/h4-6,9-13,16-19,24H,3,7-8,14-15H2,1-2H3. The molecule has 0 bridgehead atoms. The van der Waals surface area contributed by atoms with Gasteiger partial charge in [0.05, 0.1) is 25.3 Å². The molecule has 2 aromatic carbocycles. The molecule has 4 aromatic rings. The first-order chi connectivity index (χ1) is 16.6. The van der Waals surface area contributed by atoms with Crippen LogP contribution >= 0.6 is 11.3 Å². The smallest absolute Gasteiger partial charge is 0.162 e. The van der Waals surface area contributed by atoms with E-state index in [1.54, 1.807) is 17.5 Å². The van der Waals surface area contributed by atoms with Gasteiger partial charge in [0.25, 0.3) is 0 Å². The molecule has 4 nitrogen and oxygen atoms in total. The Kier molecular flexibility index (Phi) is 6.61. The van der Waals surface area contributed by atoms with Crippen LogP contribution in [0.15, 0.2) is 82.2 Å². The van der Waals surface area contributed by atoms with Crippen LogP contribution in [0.2, 0.25) is 0 Å². The number of thiazole rings is 1. The van der Waals surface area contributed by atoms with Crippen molar-refractivity contribution in [2.24, 2.45) is 4.36 Å². The first-order valence-corrected chi connectivity index (χ1v) is 14.3. The fourth-order valence-corrected chi connectivity index (χ4v) is 8.15. The van der Waals surface area contributed by atoms with Crippen molar-refractivity contribution in [2.75, 3.05) is 0 Å². The lowest BCUT2D eigenvalue weighted by molar-refractivity contribution is 0.661. The second kappa shape index (κ2) is 9.80. The molecule has 2 heterocycles. The van der Waals surface area contributed by atoms with Crippen LogP contribution in [0.5, 0.6) is 0 Å². The van der Waals surface area contributed by atoms with E-state index in [4.69, 9.17) is 9.35 Å². The van der Waals surface area contributed by atoms with Gasteiger partial charge >= 0.3 is 0 Å². The summed E-state index contributed by atoms with van der Waals surface area (Å²) in [5.41, 5.74) is 4.32. The third kappa shape index (κ3) is 4.57. The van der Waals surface area contributed by atoms with Gasteiger partial charge in [-0.25, -0.2) is 14.2 Å². The zero-order valence-electron chi connectivity index (χ0n) is 19.6. The van der Waals surface area contributed by atoms with Crippen LogP contribution < -0.4 is 0 Å². The number of hydrogen-bond donors (Lipinski definition) is 0. The molecule has 6 heteroatoms. The van der Waals surface area contributed by atoms with Gasteiger partial charge in [0, 0.05) is 21.9 Å². The molecule has 1 aliphatic carbocycles. The molecule has 0 N–H and O–H groups in total. The first kappa shape index (κ1) is 22.9. The lowest BCUT2D eigenvalue weighted by Crippen LogP contribution is -2.17. The zero-order valence-corrected chi connectivity index (χ0v) is 21.2. The highest BCUT2D eigenvalue weighted by molar-refractivity contribution is 7.94. The Balaban J connectivity index is 1.63. The van der Waals surface area contributed by atoms with Crippen LogP contribution in [0.4, 0.5) is 5.82 Å². The molecule has 0 amide bonds. The van der Waals surface area contributed by atoms with Crippen molar-refractivity contribution in [3.63, 3.8) is 0 Å². The molecular weight excluding hydrogens is 458 g/mol. The van der Waals surface area contributed by atoms with E-state index in [1.807, 2.05) is 42.5 Å². The molecule has 1 saturated carbocycles. The van der Waals surface area contributed by atoms with Crippen LogP contribution in [0.1, 0.15) is 43.2 Å². The van der Waals surface area contributed by atoms with Crippen LogP contribution in [0.3, 0.4) is 0 Å². The van der Waals surface area contributed by atoms with Crippen LogP contribution in [-0.2, 0) is 16.1 Å². The summed E-state index contributed by atoms with van der Waals surface area (Å²) < 4.78 is 19.2. The van der Waals surface area contributed by atoms with E-state index >= 15 is 0 Å². The third-order valence-corrected chi connectivity index (χ3v) is 10.4. The summed E-state index contributed by atoms with van der Waals surface area (Å²) in [6, 6.07) is 22.2. The highest BCUT2D eigenvalue weighted by Crippen LogP contribution is 2.39. The number of aromatic nitrogens is 2. The molecule has 1 fully saturated rings. The third-order valence-electron chi connectivity index (χ3n) is 6.34. The summed E-state index contributed by atoms with van der Waals surface area (Å²) in [7, 11) is -2.62. The fraction of sp³-hybridized carbons (Fsp3) is 0.286. The summed E-state index contributed by atoms with van der Waals surface area (Å²) in [6.45, 7) is 4.23. The maximum Gasteiger partial charge on any atom is 0.162 e. The molecule has 1 unspecified atom stereocenters. The Morgan fingerprint density at radius 1 is 1.00 bits per heavy atom. The van der Waals surface area contributed by atoms with E-state index in [0.717, 1.165) is 63.7 Å². The van der Waals surface area contributed by atoms with Crippen LogP contribution in [0, 0.1) is 6.92 Å². The Labute approximate surface area is 206 Å². The average molecular weight is 488 g/mol. The minimum atomic E-state index is -2.62. The Hall–Kier alpha value is -2.83. The van der Waals surface area contributed by atoms with Crippen molar-refractivity contribution in [1.29, 1.82) is 0 Å². The minimum absolute atomic E-state index is 0.0679. The molecule has 0 aliphatic heterocycles. The summed E-state index contributed by atoms with van der Waals surface area (Å²) in [5, 5.41) is 1.17. The fourth-order valence-electron chi connectivity index (χ4n) is 4.59. The Bertz CT molecular complexity index is 1410. The summed E-state index contributed by atoms with van der Waals surface area (Å²) in [4.78, 5) is 11.4. The Morgan fingerprint density at radius 3 is 2.53 bits per heavy atom. The normalized spacial score (nSPS) is 15.8. The monoisotopic (exact) mass is 487 g/mol. The molecule has 1 aliphatic rings. The van der Waals surface area contributed by atoms with E-state index in [9.17, 15) is 4.21 Å². The largest absolute Gasteiger partial charge is 0.244 e. The molecule has 2 aromatic heterocycles. The molecule has 1 atom stereocenters.